The van der Waals surface area contributed by atoms with Crippen LogP contribution in [0.1, 0.15) is 5.56 Å². The molecule has 2 aromatic heterocycles. The highest BCUT2D eigenvalue weighted by Crippen LogP contribution is 2.25. The summed E-state index contributed by atoms with van der Waals surface area (Å²) >= 11 is 6.29. The average Bonchev–Trinajstić information content (AvgIpc) is 2.90. The maximum atomic E-state index is 8.77. The molecule has 0 amide bonds. The molecule has 0 saturated heterocycles. The van der Waals surface area contributed by atoms with Gasteiger partial charge in [-0.3, -0.25) is 4.57 Å². The molecule has 2 heterocycles. The lowest BCUT2D eigenvalue weighted by Crippen LogP contribution is -2.15. The van der Waals surface area contributed by atoms with E-state index in [0.29, 0.717) is 16.4 Å². The number of imidazole rings is 1. The molecule has 0 fully saturated rings. The standard InChI is InChI=1S/C13H10ClN5O/c14-11-8(12(15)18-20)5-6-16-13(11)19-7-17-9-3-1-2-4-10(9)19/h1-7,20H,(H2,15,18). The van der Waals surface area contributed by atoms with Crippen LogP contribution in [0.25, 0.3) is 16.9 Å². The summed E-state index contributed by atoms with van der Waals surface area (Å²) in [6, 6.07) is 9.20. The molecule has 0 radical (unpaired) electrons. The lowest BCUT2D eigenvalue weighted by Gasteiger charge is -2.08. The molecular weight excluding hydrogens is 278 g/mol. The molecule has 3 N–H and O–H groups in total. The van der Waals surface area contributed by atoms with Gasteiger partial charge in [0.2, 0.25) is 0 Å². The number of oxime groups is 1. The smallest absolute Gasteiger partial charge is 0.171 e. The van der Waals surface area contributed by atoms with E-state index in [0.717, 1.165) is 11.0 Å². The van der Waals surface area contributed by atoms with Gasteiger partial charge in [-0.25, -0.2) is 9.97 Å². The molecule has 100 valence electrons. The van der Waals surface area contributed by atoms with Gasteiger partial charge in [-0.15, -0.1) is 0 Å². The highest BCUT2D eigenvalue weighted by molar-refractivity contribution is 6.35. The number of halogens is 1. The number of hydrogen-bond acceptors (Lipinski definition) is 4. The van der Waals surface area contributed by atoms with Gasteiger partial charge in [0, 0.05) is 11.8 Å². The molecule has 0 saturated carbocycles. The fourth-order valence-electron chi connectivity index (χ4n) is 1.98. The van der Waals surface area contributed by atoms with Crippen molar-refractivity contribution < 1.29 is 5.21 Å². The van der Waals surface area contributed by atoms with E-state index >= 15 is 0 Å². The molecule has 3 aromatic rings. The van der Waals surface area contributed by atoms with Gasteiger partial charge in [-0.2, -0.15) is 0 Å². The number of amidine groups is 1. The molecule has 7 heteroatoms. The van der Waals surface area contributed by atoms with Crippen molar-refractivity contribution in [3.63, 3.8) is 0 Å². The van der Waals surface area contributed by atoms with Crippen molar-refractivity contribution in [2.24, 2.45) is 10.9 Å². The fourth-order valence-corrected chi connectivity index (χ4v) is 2.28. The molecular formula is C13H10ClN5O. The minimum absolute atomic E-state index is 0.0666. The molecule has 6 nitrogen and oxygen atoms in total. The molecule has 0 bridgehead atoms. The predicted molar refractivity (Wildman–Crippen MR) is 76.4 cm³/mol. The second-order valence-electron chi connectivity index (χ2n) is 4.08. The van der Waals surface area contributed by atoms with Crippen molar-refractivity contribution in [1.82, 2.24) is 14.5 Å². The van der Waals surface area contributed by atoms with E-state index < -0.39 is 0 Å². The zero-order valence-electron chi connectivity index (χ0n) is 10.2. The lowest BCUT2D eigenvalue weighted by atomic mass is 10.2. The second kappa shape index (κ2) is 4.82. The highest BCUT2D eigenvalue weighted by Gasteiger charge is 2.14. The number of para-hydroxylation sites is 2. The number of nitrogens with zero attached hydrogens (tertiary/aromatic N) is 4. The summed E-state index contributed by atoms with van der Waals surface area (Å²) in [6.07, 6.45) is 3.18. The van der Waals surface area contributed by atoms with Crippen LogP contribution in [0, 0.1) is 0 Å². The number of pyridine rings is 1. The Labute approximate surface area is 119 Å². The summed E-state index contributed by atoms with van der Waals surface area (Å²) in [6.45, 7) is 0. The van der Waals surface area contributed by atoms with Crippen molar-refractivity contribution in [1.29, 1.82) is 0 Å². The van der Waals surface area contributed by atoms with E-state index in [2.05, 4.69) is 15.1 Å². The first-order chi connectivity index (χ1) is 9.72. The first-order valence-electron chi connectivity index (χ1n) is 5.77. The highest BCUT2D eigenvalue weighted by atomic mass is 35.5. The van der Waals surface area contributed by atoms with Gasteiger partial charge >= 0.3 is 0 Å². The SMILES string of the molecule is N/C(=N/O)c1ccnc(-n2cnc3ccccc32)c1Cl. The number of benzene rings is 1. The molecule has 0 aliphatic heterocycles. The van der Waals surface area contributed by atoms with Gasteiger partial charge in [0.05, 0.1) is 16.1 Å². The van der Waals surface area contributed by atoms with Crippen molar-refractivity contribution in [2.75, 3.05) is 0 Å². The molecule has 0 aliphatic carbocycles. The fraction of sp³-hybridized carbons (Fsp3) is 0. The largest absolute Gasteiger partial charge is 0.409 e. The van der Waals surface area contributed by atoms with Gasteiger partial charge in [-0.05, 0) is 18.2 Å². The molecule has 0 atom stereocenters. The number of hydrogen-bond donors (Lipinski definition) is 2. The number of aromatic nitrogens is 3. The van der Waals surface area contributed by atoms with E-state index in [-0.39, 0.29) is 5.84 Å². The monoisotopic (exact) mass is 287 g/mol. The zero-order chi connectivity index (χ0) is 14.1. The number of nitrogens with two attached hydrogens (primary N) is 1. The van der Waals surface area contributed by atoms with Crippen molar-refractivity contribution >= 4 is 28.5 Å². The van der Waals surface area contributed by atoms with E-state index in [1.165, 1.54) is 0 Å². The minimum Gasteiger partial charge on any atom is -0.409 e. The predicted octanol–water partition coefficient (Wildman–Crippen LogP) is 2.17. The van der Waals surface area contributed by atoms with Crippen LogP contribution >= 0.6 is 11.6 Å². The normalized spacial score (nSPS) is 11.9. The Hall–Kier alpha value is -2.60. The van der Waals surface area contributed by atoms with Gasteiger partial charge < -0.3 is 10.9 Å². The maximum Gasteiger partial charge on any atom is 0.171 e. The van der Waals surface area contributed by atoms with Crippen molar-refractivity contribution in [2.45, 2.75) is 0 Å². The summed E-state index contributed by atoms with van der Waals surface area (Å²) in [5.41, 5.74) is 7.71. The van der Waals surface area contributed by atoms with Crippen LogP contribution < -0.4 is 5.73 Å². The molecule has 1 aromatic carbocycles. The Morgan fingerprint density at radius 1 is 1.25 bits per heavy atom. The first kappa shape index (κ1) is 12.4. The summed E-state index contributed by atoms with van der Waals surface area (Å²) in [4.78, 5) is 8.53. The molecule has 0 spiro atoms. The quantitative estimate of drug-likeness (QED) is 0.327. The Morgan fingerprint density at radius 3 is 2.85 bits per heavy atom. The maximum absolute atomic E-state index is 8.77. The van der Waals surface area contributed by atoms with Gasteiger partial charge in [-0.1, -0.05) is 28.9 Å². The summed E-state index contributed by atoms with van der Waals surface area (Å²) < 4.78 is 1.76. The molecule has 20 heavy (non-hydrogen) atoms. The van der Waals surface area contributed by atoms with Crippen LogP contribution in [0.5, 0.6) is 0 Å². The van der Waals surface area contributed by atoms with E-state index in [1.54, 1.807) is 23.2 Å². The summed E-state index contributed by atoms with van der Waals surface area (Å²) in [5, 5.41) is 12.0. The van der Waals surface area contributed by atoms with E-state index in [4.69, 9.17) is 22.5 Å². The van der Waals surface area contributed by atoms with Crippen LogP contribution in [0.3, 0.4) is 0 Å². The second-order valence-corrected chi connectivity index (χ2v) is 4.46. The number of fused-ring (bicyclic) bond motifs is 1. The minimum atomic E-state index is -0.0666. The Balaban J connectivity index is 2.25. The van der Waals surface area contributed by atoms with Gasteiger partial charge in [0.15, 0.2) is 11.7 Å². The third-order valence-corrected chi connectivity index (χ3v) is 3.31. The van der Waals surface area contributed by atoms with E-state index in [9.17, 15) is 0 Å². The van der Waals surface area contributed by atoms with Crippen LogP contribution in [0.15, 0.2) is 48.0 Å². The van der Waals surface area contributed by atoms with Crippen LogP contribution in [-0.2, 0) is 0 Å². The number of rotatable bonds is 2. The van der Waals surface area contributed by atoms with Crippen LogP contribution in [0.4, 0.5) is 0 Å². The Kier molecular flexibility index (Phi) is 3.00. The van der Waals surface area contributed by atoms with E-state index in [1.807, 2.05) is 24.3 Å². The Bertz CT molecular complexity index is 811. The Morgan fingerprint density at radius 2 is 2.05 bits per heavy atom. The average molecular weight is 288 g/mol. The topological polar surface area (TPSA) is 89.3 Å². The molecule has 3 rings (SSSR count). The third kappa shape index (κ3) is 1.86. The first-order valence-corrected chi connectivity index (χ1v) is 6.15. The van der Waals surface area contributed by atoms with Crippen LogP contribution in [-0.4, -0.2) is 25.6 Å². The summed E-state index contributed by atoms with van der Waals surface area (Å²) in [5.74, 6) is 0.410. The molecule has 0 unspecified atom stereocenters. The molecule has 0 aliphatic rings. The zero-order valence-corrected chi connectivity index (χ0v) is 11.0. The lowest BCUT2D eigenvalue weighted by molar-refractivity contribution is 0.318. The van der Waals surface area contributed by atoms with Crippen LogP contribution in [0.2, 0.25) is 5.02 Å². The van der Waals surface area contributed by atoms with Crippen molar-refractivity contribution in [3.05, 3.63) is 53.4 Å². The third-order valence-electron chi connectivity index (χ3n) is 2.94. The van der Waals surface area contributed by atoms with Crippen molar-refractivity contribution in [3.8, 4) is 5.82 Å². The summed E-state index contributed by atoms with van der Waals surface area (Å²) in [7, 11) is 0. The van der Waals surface area contributed by atoms with Gasteiger partial charge in [0.1, 0.15) is 6.33 Å². The van der Waals surface area contributed by atoms with Gasteiger partial charge in [0.25, 0.3) is 0 Å².